The number of alkyl halides is 1. The van der Waals surface area contributed by atoms with E-state index in [1.54, 1.807) is 6.92 Å². The number of hydrogen-bond donors (Lipinski definition) is 0. The van der Waals surface area contributed by atoms with Crippen LogP contribution < -0.4 is 4.74 Å². The standard InChI is InChI=1S/C23H25F2NO3/c1-2-28-22(27)19-10-18(17-8-9-17)21(11-20(19)24)29-15-23(25)13-26(14-23)12-16-6-4-3-5-7-16/h3-7,10-11,17H,2,8-9,12-15H2,1H3. The molecule has 29 heavy (non-hydrogen) atoms. The van der Waals surface area contributed by atoms with E-state index in [-0.39, 0.29) is 37.8 Å². The van der Waals surface area contributed by atoms with Crippen molar-refractivity contribution < 1.29 is 23.0 Å². The topological polar surface area (TPSA) is 38.8 Å². The summed E-state index contributed by atoms with van der Waals surface area (Å²) in [5.74, 6) is -0.826. The maximum absolute atomic E-state index is 15.0. The molecule has 154 valence electrons. The Bertz CT molecular complexity index is 877. The van der Waals surface area contributed by atoms with Crippen LogP contribution in [0.15, 0.2) is 42.5 Å². The lowest BCUT2D eigenvalue weighted by Gasteiger charge is -2.44. The van der Waals surface area contributed by atoms with Gasteiger partial charge in [-0.1, -0.05) is 30.3 Å². The summed E-state index contributed by atoms with van der Waals surface area (Å²) in [5.41, 5.74) is 0.363. The van der Waals surface area contributed by atoms with E-state index in [9.17, 15) is 13.6 Å². The number of carbonyl (C=O) groups is 1. The molecule has 0 unspecified atom stereocenters. The van der Waals surface area contributed by atoms with Gasteiger partial charge >= 0.3 is 5.97 Å². The number of ether oxygens (including phenoxy) is 2. The SMILES string of the molecule is CCOC(=O)c1cc(C2CC2)c(OCC2(F)CN(Cc3ccccc3)C2)cc1F. The van der Waals surface area contributed by atoms with E-state index in [0.29, 0.717) is 12.3 Å². The summed E-state index contributed by atoms with van der Waals surface area (Å²) >= 11 is 0. The average Bonchev–Trinajstić information content (AvgIpc) is 3.51. The summed E-state index contributed by atoms with van der Waals surface area (Å²) in [6.07, 6.45) is 1.91. The summed E-state index contributed by atoms with van der Waals surface area (Å²) in [6.45, 7) is 2.99. The Balaban J connectivity index is 1.39. The number of hydrogen-bond acceptors (Lipinski definition) is 4. The lowest BCUT2D eigenvalue weighted by Crippen LogP contribution is -2.61. The predicted octanol–water partition coefficient (Wildman–Crippen LogP) is 4.48. The first-order valence-corrected chi connectivity index (χ1v) is 10.1. The molecule has 0 aromatic heterocycles. The Labute approximate surface area is 169 Å². The minimum absolute atomic E-state index is 0.0891. The summed E-state index contributed by atoms with van der Waals surface area (Å²) in [4.78, 5) is 14.0. The zero-order valence-corrected chi connectivity index (χ0v) is 16.5. The molecule has 2 aliphatic rings. The van der Waals surface area contributed by atoms with Gasteiger partial charge in [-0.3, -0.25) is 4.90 Å². The summed E-state index contributed by atoms with van der Waals surface area (Å²) in [7, 11) is 0. The van der Waals surface area contributed by atoms with Crippen LogP contribution in [0.3, 0.4) is 0 Å². The molecular formula is C23H25F2NO3. The fraction of sp³-hybridized carbons (Fsp3) is 0.435. The molecule has 1 aliphatic carbocycles. The fourth-order valence-electron chi connectivity index (χ4n) is 3.78. The van der Waals surface area contributed by atoms with Gasteiger partial charge in [0.25, 0.3) is 0 Å². The minimum atomic E-state index is -1.45. The highest BCUT2D eigenvalue weighted by Gasteiger charge is 2.44. The molecule has 0 N–H and O–H groups in total. The molecule has 1 aliphatic heterocycles. The van der Waals surface area contributed by atoms with E-state index in [4.69, 9.17) is 9.47 Å². The van der Waals surface area contributed by atoms with Gasteiger partial charge in [-0.2, -0.15) is 0 Å². The molecule has 0 amide bonds. The van der Waals surface area contributed by atoms with E-state index in [1.165, 1.54) is 12.1 Å². The van der Waals surface area contributed by atoms with Crippen molar-refractivity contribution in [1.29, 1.82) is 0 Å². The molecule has 6 heteroatoms. The minimum Gasteiger partial charge on any atom is -0.490 e. The smallest absolute Gasteiger partial charge is 0.341 e. The van der Waals surface area contributed by atoms with E-state index >= 15 is 0 Å². The first-order chi connectivity index (χ1) is 14.0. The van der Waals surface area contributed by atoms with Crippen LogP contribution in [0.25, 0.3) is 0 Å². The van der Waals surface area contributed by atoms with Crippen LogP contribution in [0, 0.1) is 5.82 Å². The fourth-order valence-corrected chi connectivity index (χ4v) is 3.78. The van der Waals surface area contributed by atoms with Gasteiger partial charge in [0.15, 0.2) is 5.67 Å². The molecule has 0 atom stereocenters. The predicted molar refractivity (Wildman–Crippen MR) is 105 cm³/mol. The summed E-state index contributed by atoms with van der Waals surface area (Å²) < 4.78 is 40.0. The number of halogens is 2. The highest BCUT2D eigenvalue weighted by Crippen LogP contribution is 2.45. The molecule has 2 fully saturated rings. The van der Waals surface area contributed by atoms with Gasteiger partial charge in [-0.15, -0.1) is 0 Å². The largest absolute Gasteiger partial charge is 0.490 e. The van der Waals surface area contributed by atoms with Gasteiger partial charge in [0.1, 0.15) is 18.2 Å². The molecule has 0 bridgehead atoms. The van der Waals surface area contributed by atoms with Crippen molar-refractivity contribution in [2.24, 2.45) is 0 Å². The highest BCUT2D eigenvalue weighted by atomic mass is 19.1. The molecule has 0 radical (unpaired) electrons. The second-order valence-corrected chi connectivity index (χ2v) is 7.93. The van der Waals surface area contributed by atoms with Gasteiger partial charge in [-0.05, 0) is 42.9 Å². The van der Waals surface area contributed by atoms with Gasteiger partial charge in [0.2, 0.25) is 0 Å². The quantitative estimate of drug-likeness (QED) is 0.612. The maximum Gasteiger partial charge on any atom is 0.341 e. The third kappa shape index (κ3) is 4.58. The number of esters is 1. The molecule has 1 heterocycles. The second kappa shape index (κ2) is 8.11. The van der Waals surface area contributed by atoms with Crippen molar-refractivity contribution >= 4 is 5.97 Å². The van der Waals surface area contributed by atoms with Crippen LogP contribution in [0.5, 0.6) is 5.75 Å². The number of rotatable bonds is 8. The van der Waals surface area contributed by atoms with Crippen LogP contribution in [0.2, 0.25) is 0 Å². The van der Waals surface area contributed by atoms with Gasteiger partial charge in [-0.25, -0.2) is 13.6 Å². The maximum atomic E-state index is 15.0. The molecule has 2 aromatic carbocycles. The van der Waals surface area contributed by atoms with Gasteiger partial charge < -0.3 is 9.47 Å². The van der Waals surface area contributed by atoms with Crippen molar-refractivity contribution in [3.8, 4) is 5.75 Å². The molecule has 4 rings (SSSR count). The Morgan fingerprint density at radius 2 is 1.93 bits per heavy atom. The van der Waals surface area contributed by atoms with Crippen molar-refractivity contribution in [3.05, 3.63) is 65.0 Å². The highest BCUT2D eigenvalue weighted by molar-refractivity contribution is 5.90. The number of likely N-dealkylation sites (tertiary alicyclic amines) is 1. The van der Waals surface area contributed by atoms with E-state index < -0.39 is 17.5 Å². The Morgan fingerprint density at radius 1 is 1.21 bits per heavy atom. The van der Waals surface area contributed by atoms with Crippen molar-refractivity contribution in [1.82, 2.24) is 4.90 Å². The first-order valence-electron chi connectivity index (χ1n) is 10.1. The first kappa shape index (κ1) is 19.8. The number of nitrogens with zero attached hydrogens (tertiary/aromatic N) is 1. The lowest BCUT2D eigenvalue weighted by atomic mass is 9.96. The van der Waals surface area contributed by atoms with Crippen LogP contribution in [0.4, 0.5) is 8.78 Å². The molecule has 2 aromatic rings. The van der Waals surface area contributed by atoms with Crippen LogP contribution >= 0.6 is 0 Å². The zero-order valence-electron chi connectivity index (χ0n) is 16.5. The molecule has 1 saturated heterocycles. The van der Waals surface area contributed by atoms with E-state index in [2.05, 4.69) is 0 Å². The van der Waals surface area contributed by atoms with Crippen molar-refractivity contribution in [3.63, 3.8) is 0 Å². The van der Waals surface area contributed by atoms with Gasteiger partial charge in [0, 0.05) is 25.7 Å². The Morgan fingerprint density at radius 3 is 2.59 bits per heavy atom. The van der Waals surface area contributed by atoms with Gasteiger partial charge in [0.05, 0.1) is 12.2 Å². The van der Waals surface area contributed by atoms with E-state index in [1.807, 2.05) is 35.2 Å². The normalized spacial score (nSPS) is 18.2. The summed E-state index contributed by atoms with van der Waals surface area (Å²) in [5, 5.41) is 0. The van der Waals surface area contributed by atoms with E-state index in [0.717, 1.165) is 24.0 Å². The van der Waals surface area contributed by atoms with Crippen LogP contribution in [0.1, 0.15) is 47.2 Å². The Kier molecular flexibility index (Phi) is 5.54. The monoisotopic (exact) mass is 401 g/mol. The van der Waals surface area contributed by atoms with Crippen LogP contribution in [-0.4, -0.2) is 42.8 Å². The second-order valence-electron chi connectivity index (χ2n) is 7.93. The third-order valence-electron chi connectivity index (χ3n) is 5.36. The average molecular weight is 401 g/mol. The molecule has 4 nitrogen and oxygen atoms in total. The number of benzene rings is 2. The van der Waals surface area contributed by atoms with Crippen molar-refractivity contribution in [2.45, 2.75) is 37.9 Å². The van der Waals surface area contributed by atoms with Crippen molar-refractivity contribution in [2.75, 3.05) is 26.3 Å². The third-order valence-corrected chi connectivity index (χ3v) is 5.36. The molecular weight excluding hydrogens is 376 g/mol. The lowest BCUT2D eigenvalue weighted by molar-refractivity contribution is -0.0645. The Hall–Kier alpha value is -2.47. The summed E-state index contributed by atoms with van der Waals surface area (Å²) in [6, 6.07) is 12.6. The number of carbonyl (C=O) groups excluding carboxylic acids is 1. The van der Waals surface area contributed by atoms with Crippen LogP contribution in [-0.2, 0) is 11.3 Å². The molecule has 0 spiro atoms. The zero-order chi connectivity index (χ0) is 20.4. The molecule has 1 saturated carbocycles.